The lowest BCUT2D eigenvalue weighted by atomic mass is 9.75. The summed E-state index contributed by atoms with van der Waals surface area (Å²) in [7, 11) is 1.89. The number of piperazine rings is 1. The van der Waals surface area contributed by atoms with Gasteiger partial charge in [-0.2, -0.15) is 13.2 Å². The molecular weight excluding hydrogens is 621 g/mol. The molecule has 0 saturated carbocycles. The summed E-state index contributed by atoms with van der Waals surface area (Å²) in [4.78, 5) is 27.0. The molecule has 48 heavy (non-hydrogen) atoms. The molecule has 3 aromatic rings. The molecule has 1 aromatic carbocycles. The fourth-order valence-corrected chi connectivity index (χ4v) is 7.55. The molecular formula is C35H41F3N8O2. The minimum absolute atomic E-state index is 0.000639. The number of nitrogens with zero attached hydrogens (tertiary/aromatic N) is 8. The summed E-state index contributed by atoms with van der Waals surface area (Å²) >= 11 is 0. The summed E-state index contributed by atoms with van der Waals surface area (Å²) < 4.78 is 51.4. The van der Waals surface area contributed by atoms with Gasteiger partial charge >= 0.3 is 6.18 Å². The van der Waals surface area contributed by atoms with E-state index in [0.717, 1.165) is 50.4 Å². The standard InChI is InChI=1S/C35H41F3N8O2/c1-4-7-43-9-11-45(12-10-43)30-15-26(34(21-48-22-34)17-32-41-39-23-42(32)3)16-31(40-30)46-20-28-27(33(46)47)13-25(14-29(28)35(36,37)38)19-44-8-5-6-24(2)18-44/h1,13-16,23-24H,5-12,17-22H2,2-3H3. The van der Waals surface area contributed by atoms with Gasteiger partial charge < -0.3 is 14.2 Å². The number of ether oxygens (including phenoxy) is 1. The number of alkyl halides is 3. The molecule has 4 aliphatic rings. The summed E-state index contributed by atoms with van der Waals surface area (Å²) in [6, 6.07) is 6.79. The number of rotatable bonds is 8. The number of aryl methyl sites for hydroxylation is 1. The van der Waals surface area contributed by atoms with Crippen LogP contribution in [0.15, 0.2) is 30.6 Å². The molecule has 7 rings (SSSR count). The fourth-order valence-electron chi connectivity index (χ4n) is 7.55. The van der Waals surface area contributed by atoms with Crippen molar-refractivity contribution in [3.63, 3.8) is 0 Å². The highest BCUT2D eigenvalue weighted by atomic mass is 19.4. The zero-order valence-corrected chi connectivity index (χ0v) is 27.5. The van der Waals surface area contributed by atoms with Crippen LogP contribution in [0.5, 0.6) is 0 Å². The van der Waals surface area contributed by atoms with Crippen LogP contribution >= 0.6 is 0 Å². The topological polar surface area (TPSA) is 82.9 Å². The number of aromatic nitrogens is 4. The number of fused-ring (bicyclic) bond motifs is 1. The monoisotopic (exact) mass is 662 g/mol. The Kier molecular flexibility index (Phi) is 8.68. The first-order valence-electron chi connectivity index (χ1n) is 16.6. The van der Waals surface area contributed by atoms with Crippen LogP contribution < -0.4 is 9.80 Å². The lowest BCUT2D eigenvalue weighted by molar-refractivity contribution is -0.138. The Labute approximate surface area is 278 Å². The van der Waals surface area contributed by atoms with Gasteiger partial charge in [0.1, 0.15) is 23.8 Å². The van der Waals surface area contributed by atoms with E-state index in [1.54, 1.807) is 12.4 Å². The second-order valence-electron chi connectivity index (χ2n) is 13.9. The fraction of sp³-hybridized carbons (Fsp3) is 0.543. The normalized spacial score (nSPS) is 21.7. The molecule has 4 aliphatic heterocycles. The molecule has 0 bridgehead atoms. The van der Waals surface area contributed by atoms with Crippen molar-refractivity contribution < 1.29 is 22.7 Å². The van der Waals surface area contributed by atoms with Gasteiger partial charge in [-0.3, -0.25) is 19.5 Å². The van der Waals surface area contributed by atoms with Crippen molar-refractivity contribution in [1.29, 1.82) is 0 Å². The quantitative estimate of drug-likeness (QED) is 0.337. The van der Waals surface area contributed by atoms with E-state index in [2.05, 4.69) is 37.7 Å². The molecule has 6 heterocycles. The Bertz CT molecular complexity index is 1720. The van der Waals surface area contributed by atoms with E-state index in [0.29, 0.717) is 68.9 Å². The molecule has 0 N–H and O–H groups in total. The van der Waals surface area contributed by atoms with Gasteiger partial charge in [0.2, 0.25) is 0 Å². The first-order chi connectivity index (χ1) is 23.0. The number of halogens is 3. The predicted molar refractivity (Wildman–Crippen MR) is 175 cm³/mol. The summed E-state index contributed by atoms with van der Waals surface area (Å²) in [5.74, 6) is 4.51. The average Bonchev–Trinajstić information content (AvgIpc) is 3.60. The van der Waals surface area contributed by atoms with Gasteiger partial charge in [-0.15, -0.1) is 16.6 Å². The maximum atomic E-state index is 14.6. The number of benzene rings is 1. The molecule has 1 unspecified atom stereocenters. The van der Waals surface area contributed by atoms with E-state index in [4.69, 9.17) is 16.1 Å². The SMILES string of the molecule is C#CCN1CCN(c2cc(C3(Cc4nncn4C)COC3)cc(N3Cc4c(cc(CN5CCCC(C)C5)cc4C(F)(F)F)C3=O)n2)CC1. The van der Waals surface area contributed by atoms with Crippen LogP contribution in [-0.2, 0) is 42.9 Å². The van der Waals surface area contributed by atoms with Gasteiger partial charge in [0.25, 0.3) is 5.91 Å². The highest BCUT2D eigenvalue weighted by Gasteiger charge is 2.45. The number of carbonyl (C=O) groups is 1. The third-order valence-electron chi connectivity index (χ3n) is 10.3. The van der Waals surface area contributed by atoms with Crippen molar-refractivity contribution in [2.45, 2.75) is 50.9 Å². The molecule has 254 valence electrons. The largest absolute Gasteiger partial charge is 0.416 e. The van der Waals surface area contributed by atoms with E-state index < -0.39 is 23.1 Å². The Balaban J connectivity index is 1.26. The highest BCUT2D eigenvalue weighted by molar-refractivity contribution is 6.10. The van der Waals surface area contributed by atoms with Gasteiger partial charge in [-0.05, 0) is 66.3 Å². The Hall–Kier alpha value is -3.99. The number of amides is 1. The molecule has 0 aliphatic carbocycles. The number of piperidine rings is 1. The first kappa shape index (κ1) is 32.6. The third-order valence-corrected chi connectivity index (χ3v) is 10.3. The smallest absolute Gasteiger partial charge is 0.379 e. The van der Waals surface area contributed by atoms with Gasteiger partial charge in [-0.1, -0.05) is 12.8 Å². The summed E-state index contributed by atoms with van der Waals surface area (Å²) in [6.45, 7) is 8.28. The number of carbonyl (C=O) groups excluding carboxylic acids is 1. The second-order valence-corrected chi connectivity index (χ2v) is 13.9. The van der Waals surface area contributed by atoms with Crippen LogP contribution in [-0.4, -0.2) is 94.5 Å². The molecule has 10 nitrogen and oxygen atoms in total. The number of hydrogen-bond donors (Lipinski definition) is 0. The van der Waals surface area contributed by atoms with Crippen molar-refractivity contribution in [3.8, 4) is 12.3 Å². The predicted octanol–water partition coefficient (Wildman–Crippen LogP) is 3.89. The zero-order valence-electron chi connectivity index (χ0n) is 27.5. The van der Waals surface area contributed by atoms with E-state index >= 15 is 0 Å². The zero-order chi connectivity index (χ0) is 33.6. The maximum Gasteiger partial charge on any atom is 0.416 e. The van der Waals surface area contributed by atoms with Crippen LogP contribution in [0.2, 0.25) is 0 Å². The maximum absolute atomic E-state index is 14.6. The molecule has 2 aromatic heterocycles. The van der Waals surface area contributed by atoms with Crippen LogP contribution in [0.3, 0.4) is 0 Å². The second kappa shape index (κ2) is 12.8. The Morgan fingerprint density at radius 1 is 1.06 bits per heavy atom. The molecule has 1 atom stereocenters. The highest BCUT2D eigenvalue weighted by Crippen LogP contribution is 2.42. The summed E-state index contributed by atoms with van der Waals surface area (Å²) in [5, 5.41) is 8.35. The van der Waals surface area contributed by atoms with Crippen LogP contribution in [0.25, 0.3) is 0 Å². The summed E-state index contributed by atoms with van der Waals surface area (Å²) in [5.41, 5.74) is 0.310. The van der Waals surface area contributed by atoms with Crippen molar-refractivity contribution in [1.82, 2.24) is 29.5 Å². The number of pyridine rings is 1. The molecule has 0 spiro atoms. The van der Waals surface area contributed by atoms with Gasteiger partial charge in [0, 0.05) is 63.7 Å². The minimum atomic E-state index is -4.60. The lowest BCUT2D eigenvalue weighted by Crippen LogP contribution is -2.50. The van der Waals surface area contributed by atoms with Crippen molar-refractivity contribution >= 4 is 17.5 Å². The van der Waals surface area contributed by atoms with Gasteiger partial charge in [-0.25, -0.2) is 4.98 Å². The van der Waals surface area contributed by atoms with E-state index in [9.17, 15) is 18.0 Å². The number of likely N-dealkylation sites (tertiary alicyclic amines) is 1. The molecule has 1 amide bonds. The number of hydrogen-bond acceptors (Lipinski definition) is 8. The molecule has 0 radical (unpaired) electrons. The average molecular weight is 663 g/mol. The lowest BCUT2D eigenvalue weighted by Gasteiger charge is -2.42. The van der Waals surface area contributed by atoms with Crippen LogP contribution in [0, 0.1) is 18.3 Å². The molecule has 3 fully saturated rings. The molecule has 3 saturated heterocycles. The Morgan fingerprint density at radius 2 is 1.83 bits per heavy atom. The third kappa shape index (κ3) is 6.29. The van der Waals surface area contributed by atoms with E-state index in [-0.39, 0.29) is 17.7 Å². The Morgan fingerprint density at radius 3 is 2.48 bits per heavy atom. The minimum Gasteiger partial charge on any atom is -0.379 e. The number of anilines is 2. The first-order valence-corrected chi connectivity index (χ1v) is 16.6. The molecule has 13 heteroatoms. The number of terminal acetylenes is 1. The van der Waals surface area contributed by atoms with Crippen molar-refractivity contribution in [2.75, 3.05) is 68.8 Å². The van der Waals surface area contributed by atoms with Gasteiger partial charge in [0.15, 0.2) is 0 Å². The van der Waals surface area contributed by atoms with Crippen molar-refractivity contribution in [2.24, 2.45) is 13.0 Å². The van der Waals surface area contributed by atoms with Crippen LogP contribution in [0.4, 0.5) is 24.8 Å². The van der Waals surface area contributed by atoms with Crippen molar-refractivity contribution in [3.05, 3.63) is 64.2 Å². The van der Waals surface area contributed by atoms with E-state index in [1.165, 1.54) is 11.0 Å². The summed E-state index contributed by atoms with van der Waals surface area (Å²) in [6.07, 6.45) is 5.27. The van der Waals surface area contributed by atoms with E-state index in [1.807, 2.05) is 23.7 Å². The van der Waals surface area contributed by atoms with Crippen LogP contribution in [0.1, 0.15) is 58.2 Å². The van der Waals surface area contributed by atoms with Gasteiger partial charge in [0.05, 0.1) is 31.9 Å².